The van der Waals surface area contributed by atoms with Gasteiger partial charge in [-0.2, -0.15) is 13.9 Å². The van der Waals surface area contributed by atoms with Crippen LogP contribution in [0.5, 0.6) is 5.75 Å². The van der Waals surface area contributed by atoms with Gasteiger partial charge in [0.15, 0.2) is 28.8 Å². The number of amides is 1. The van der Waals surface area contributed by atoms with E-state index in [2.05, 4.69) is 15.2 Å². The lowest BCUT2D eigenvalue weighted by molar-refractivity contribution is 0.0594. The lowest BCUT2D eigenvalue weighted by Gasteiger charge is -2.08. The summed E-state index contributed by atoms with van der Waals surface area (Å²) in [6.07, 6.45) is 1.42. The van der Waals surface area contributed by atoms with Gasteiger partial charge >= 0.3 is 5.97 Å². The molecule has 12 heteroatoms. The molecule has 0 aliphatic carbocycles. The Morgan fingerprint density at radius 3 is 2.45 bits per heavy atom. The molecule has 0 bridgehead atoms. The number of rotatable bonds is 7. The number of hydrogen-bond acceptors (Lipinski definition) is 6. The number of nitrogens with one attached hydrogen (secondary N) is 1. The lowest BCUT2D eigenvalue weighted by atomic mass is 10.3. The van der Waals surface area contributed by atoms with Crippen molar-refractivity contribution in [1.29, 1.82) is 0 Å². The van der Waals surface area contributed by atoms with E-state index in [4.69, 9.17) is 9.15 Å². The molecule has 0 spiro atoms. The zero-order chi connectivity index (χ0) is 22.7. The van der Waals surface area contributed by atoms with Crippen LogP contribution in [0.3, 0.4) is 0 Å². The van der Waals surface area contributed by atoms with E-state index in [9.17, 15) is 27.2 Å². The van der Waals surface area contributed by atoms with E-state index in [1.54, 1.807) is 6.92 Å². The summed E-state index contributed by atoms with van der Waals surface area (Å²) in [5.41, 5.74) is -0.0424. The van der Waals surface area contributed by atoms with Gasteiger partial charge in [0.2, 0.25) is 11.6 Å². The van der Waals surface area contributed by atoms with Gasteiger partial charge in [0, 0.05) is 18.8 Å². The number of carbonyl (C=O) groups is 2. The molecule has 0 saturated heterocycles. The molecule has 0 saturated carbocycles. The number of aromatic nitrogens is 2. The Morgan fingerprint density at radius 2 is 1.84 bits per heavy atom. The van der Waals surface area contributed by atoms with Crippen LogP contribution in [0.25, 0.3) is 0 Å². The number of nitrogens with zero attached hydrogens (tertiary/aromatic N) is 2. The zero-order valence-corrected chi connectivity index (χ0v) is 16.2. The van der Waals surface area contributed by atoms with Crippen LogP contribution < -0.4 is 10.1 Å². The predicted octanol–water partition coefficient (Wildman–Crippen LogP) is 3.67. The third kappa shape index (κ3) is 4.52. The first-order valence-corrected chi connectivity index (χ1v) is 8.76. The number of benzene rings is 1. The van der Waals surface area contributed by atoms with Crippen molar-refractivity contribution < 1.29 is 41.0 Å². The number of halogens is 4. The van der Waals surface area contributed by atoms with E-state index in [0.717, 1.165) is 7.11 Å². The first-order valence-electron chi connectivity index (χ1n) is 8.76. The van der Waals surface area contributed by atoms with Gasteiger partial charge in [-0.05, 0) is 19.1 Å². The zero-order valence-electron chi connectivity index (χ0n) is 16.2. The summed E-state index contributed by atoms with van der Waals surface area (Å²) in [6, 6.07) is 2.54. The first-order chi connectivity index (χ1) is 14.7. The average molecular weight is 441 g/mol. The van der Waals surface area contributed by atoms with E-state index in [-0.39, 0.29) is 29.0 Å². The number of aryl methyl sites for hydroxylation is 1. The summed E-state index contributed by atoms with van der Waals surface area (Å²) in [5, 5.41) is 6.43. The lowest BCUT2D eigenvalue weighted by Crippen LogP contribution is -2.14. The monoisotopic (exact) mass is 441 g/mol. The highest BCUT2D eigenvalue weighted by Crippen LogP contribution is 2.27. The first kappa shape index (κ1) is 21.9. The minimum atomic E-state index is -1.70. The van der Waals surface area contributed by atoms with Gasteiger partial charge in [-0.3, -0.25) is 9.48 Å². The molecular formula is C19H15F4N3O5. The molecular weight excluding hydrogens is 426 g/mol. The van der Waals surface area contributed by atoms with Crippen molar-refractivity contribution >= 4 is 17.6 Å². The largest absolute Gasteiger partial charge is 0.479 e. The Balaban J connectivity index is 1.73. The van der Waals surface area contributed by atoms with Crippen LogP contribution in [0.2, 0.25) is 0 Å². The molecule has 0 atom stereocenters. The second-order valence-electron chi connectivity index (χ2n) is 6.04. The fourth-order valence-electron chi connectivity index (χ4n) is 2.50. The number of hydrogen-bond donors (Lipinski definition) is 1. The van der Waals surface area contributed by atoms with Crippen molar-refractivity contribution in [3.8, 4) is 5.75 Å². The highest BCUT2D eigenvalue weighted by molar-refractivity contribution is 6.05. The number of carbonyl (C=O) groups excluding carboxylic acids is 2. The van der Waals surface area contributed by atoms with E-state index in [0.29, 0.717) is 6.54 Å². The third-order valence-corrected chi connectivity index (χ3v) is 4.03. The van der Waals surface area contributed by atoms with Crippen LogP contribution in [0, 0.1) is 23.3 Å². The van der Waals surface area contributed by atoms with Gasteiger partial charge in [0.1, 0.15) is 12.4 Å². The highest BCUT2D eigenvalue weighted by Gasteiger charge is 2.23. The summed E-state index contributed by atoms with van der Waals surface area (Å²) in [5.74, 6) is -9.72. The normalized spacial score (nSPS) is 10.8. The Hall–Kier alpha value is -3.83. The topological polar surface area (TPSA) is 95.6 Å². The average Bonchev–Trinajstić information content (AvgIpc) is 3.39. The molecule has 3 rings (SSSR count). The summed E-state index contributed by atoms with van der Waals surface area (Å²) in [6.45, 7) is 1.58. The van der Waals surface area contributed by atoms with Crippen molar-refractivity contribution in [2.75, 3.05) is 12.4 Å². The van der Waals surface area contributed by atoms with Crippen LogP contribution >= 0.6 is 0 Å². The fourth-order valence-corrected chi connectivity index (χ4v) is 2.50. The summed E-state index contributed by atoms with van der Waals surface area (Å²) in [4.78, 5) is 24.2. The highest BCUT2D eigenvalue weighted by atomic mass is 19.2. The van der Waals surface area contributed by atoms with Gasteiger partial charge in [-0.1, -0.05) is 0 Å². The molecule has 0 aliphatic heterocycles. The molecule has 2 heterocycles. The molecule has 3 aromatic rings. The van der Waals surface area contributed by atoms with Crippen LogP contribution in [0.1, 0.15) is 33.7 Å². The molecule has 2 aromatic heterocycles. The molecule has 1 amide bonds. The minimum Gasteiger partial charge on any atom is -0.479 e. The summed E-state index contributed by atoms with van der Waals surface area (Å²) >= 11 is 0. The number of esters is 1. The second kappa shape index (κ2) is 8.90. The maximum atomic E-state index is 13.6. The summed E-state index contributed by atoms with van der Waals surface area (Å²) < 4.78 is 69.8. The van der Waals surface area contributed by atoms with Crippen molar-refractivity contribution in [2.45, 2.75) is 20.1 Å². The Labute approximate surface area is 172 Å². The fraction of sp³-hybridized carbons (Fsp3) is 0.211. The SMILES string of the molecule is CCn1cc(NC(=O)c2ccc(COc3c(F)c(F)cc(F)c3F)o2)c(C(=O)OC)n1. The minimum absolute atomic E-state index is 0.0517. The Morgan fingerprint density at radius 1 is 1.16 bits per heavy atom. The van der Waals surface area contributed by atoms with E-state index in [1.807, 2.05) is 0 Å². The van der Waals surface area contributed by atoms with E-state index in [1.165, 1.54) is 23.0 Å². The van der Waals surface area contributed by atoms with Crippen molar-refractivity contribution in [2.24, 2.45) is 0 Å². The molecule has 0 fully saturated rings. The molecule has 0 unspecified atom stereocenters. The van der Waals surface area contributed by atoms with Gasteiger partial charge in [0.05, 0.1) is 12.8 Å². The maximum Gasteiger partial charge on any atom is 0.360 e. The quantitative estimate of drug-likeness (QED) is 0.342. The molecule has 8 nitrogen and oxygen atoms in total. The molecule has 1 aromatic carbocycles. The standard InChI is InChI=1S/C19H15F4N3O5/c1-3-26-7-12(16(25-26)19(28)29-2)24-18(27)13-5-4-9(31-13)8-30-17-14(22)10(20)6-11(21)15(17)23/h4-7H,3,8H2,1-2H3,(H,24,27). The van der Waals surface area contributed by atoms with Crippen LogP contribution in [0.4, 0.5) is 23.2 Å². The molecule has 1 N–H and O–H groups in total. The summed E-state index contributed by atoms with van der Waals surface area (Å²) in [7, 11) is 1.16. The van der Waals surface area contributed by atoms with Crippen molar-refractivity contribution in [1.82, 2.24) is 9.78 Å². The van der Waals surface area contributed by atoms with Crippen LogP contribution in [-0.4, -0.2) is 28.8 Å². The van der Waals surface area contributed by atoms with E-state index < -0.39 is 47.5 Å². The van der Waals surface area contributed by atoms with Gasteiger partial charge < -0.3 is 19.2 Å². The van der Waals surface area contributed by atoms with Crippen molar-refractivity contribution in [3.05, 3.63) is 64.9 Å². The predicted molar refractivity (Wildman–Crippen MR) is 96.5 cm³/mol. The molecule has 31 heavy (non-hydrogen) atoms. The molecule has 0 radical (unpaired) electrons. The second-order valence-corrected chi connectivity index (χ2v) is 6.04. The van der Waals surface area contributed by atoms with Gasteiger partial charge in [0.25, 0.3) is 5.91 Å². The Bertz CT molecular complexity index is 1120. The van der Waals surface area contributed by atoms with Crippen LogP contribution in [-0.2, 0) is 17.9 Å². The number of anilines is 1. The van der Waals surface area contributed by atoms with Gasteiger partial charge in [-0.15, -0.1) is 0 Å². The number of methoxy groups -OCH3 is 1. The van der Waals surface area contributed by atoms with Gasteiger partial charge in [-0.25, -0.2) is 13.6 Å². The van der Waals surface area contributed by atoms with Crippen LogP contribution in [0.15, 0.2) is 28.8 Å². The van der Waals surface area contributed by atoms with E-state index >= 15 is 0 Å². The maximum absolute atomic E-state index is 13.6. The Kier molecular flexibility index (Phi) is 6.28. The molecule has 0 aliphatic rings. The van der Waals surface area contributed by atoms with Crippen molar-refractivity contribution in [3.63, 3.8) is 0 Å². The number of furan rings is 1. The number of ether oxygens (including phenoxy) is 2. The molecule has 164 valence electrons. The third-order valence-electron chi connectivity index (χ3n) is 4.03. The smallest absolute Gasteiger partial charge is 0.360 e.